The van der Waals surface area contributed by atoms with Crippen LogP contribution in [0.15, 0.2) is 0 Å². The summed E-state index contributed by atoms with van der Waals surface area (Å²) in [4.78, 5) is 26.0. The number of carbonyl (C=O) groups is 2. The Kier molecular flexibility index (Phi) is 3.20. The molecule has 1 heterocycles. The molecule has 0 amide bonds. The molecule has 19 heavy (non-hydrogen) atoms. The summed E-state index contributed by atoms with van der Waals surface area (Å²) in [6, 6.07) is 0. The highest BCUT2D eigenvalue weighted by atomic mass is 16.6. The number of esters is 2. The van der Waals surface area contributed by atoms with E-state index in [0.29, 0.717) is 12.8 Å². The predicted octanol–water partition coefficient (Wildman–Crippen LogP) is 0.187. The molecule has 0 aromatic heterocycles. The Bertz CT molecular complexity index is 463. The lowest BCUT2D eigenvalue weighted by Gasteiger charge is -2.21. The molecular weight excluding hydrogens is 252 g/mol. The molecule has 0 N–H and O–H groups in total. The summed E-state index contributed by atoms with van der Waals surface area (Å²) in [7, 11) is 0. The summed E-state index contributed by atoms with van der Waals surface area (Å²) in [5.74, 6) is -1.88. The lowest BCUT2D eigenvalue weighted by atomic mass is 10.2. The van der Waals surface area contributed by atoms with Crippen molar-refractivity contribution in [2.24, 2.45) is 11.8 Å². The standard InChI is InChI=1S/C12H16N2O5/c1-11(2,3)19-10(16)9-7-5-17-6-12(7,9)18-8(15)4-14-13/h4,7,9H,5-6H2,1-3H3/t7-,9+,12-/m1/s1. The Morgan fingerprint density at radius 1 is 1.47 bits per heavy atom. The van der Waals surface area contributed by atoms with E-state index >= 15 is 0 Å². The molecule has 0 bridgehead atoms. The maximum absolute atomic E-state index is 12.0. The lowest BCUT2D eigenvalue weighted by Crippen LogP contribution is -2.32. The molecule has 0 aromatic carbocycles. The van der Waals surface area contributed by atoms with E-state index < -0.39 is 29.1 Å². The minimum atomic E-state index is -0.958. The molecule has 1 saturated heterocycles. The summed E-state index contributed by atoms with van der Waals surface area (Å²) < 4.78 is 15.7. The molecule has 104 valence electrons. The first kappa shape index (κ1) is 13.7. The average molecular weight is 268 g/mol. The van der Waals surface area contributed by atoms with Crippen molar-refractivity contribution in [1.82, 2.24) is 0 Å². The van der Waals surface area contributed by atoms with Crippen LogP contribution in [-0.4, -0.2) is 47.4 Å². The zero-order valence-corrected chi connectivity index (χ0v) is 11.1. The highest BCUT2D eigenvalue weighted by molar-refractivity contribution is 6.20. The van der Waals surface area contributed by atoms with Crippen LogP contribution in [-0.2, 0) is 23.8 Å². The van der Waals surface area contributed by atoms with Gasteiger partial charge in [0, 0.05) is 5.92 Å². The molecule has 7 nitrogen and oxygen atoms in total. The third-order valence-corrected chi connectivity index (χ3v) is 3.19. The molecule has 2 rings (SSSR count). The van der Waals surface area contributed by atoms with Gasteiger partial charge in [0.1, 0.15) is 11.5 Å². The Balaban J connectivity index is 2.06. The summed E-state index contributed by atoms with van der Waals surface area (Å²) in [6.07, 6.45) is 0.647. The van der Waals surface area contributed by atoms with Crippen molar-refractivity contribution >= 4 is 18.2 Å². The number of carbonyl (C=O) groups excluding carboxylic acids is 2. The maximum atomic E-state index is 12.0. The monoisotopic (exact) mass is 268 g/mol. The number of hydrogen-bond donors (Lipinski definition) is 0. The third-order valence-electron chi connectivity index (χ3n) is 3.19. The van der Waals surface area contributed by atoms with E-state index in [1.165, 1.54) is 0 Å². The van der Waals surface area contributed by atoms with Gasteiger partial charge in [-0.1, -0.05) is 0 Å². The number of rotatable bonds is 3. The fraction of sp³-hybridized carbons (Fsp3) is 0.750. The molecular formula is C12H16N2O5. The van der Waals surface area contributed by atoms with E-state index in [2.05, 4.69) is 4.79 Å². The largest absolute Gasteiger partial charge is 0.460 e. The van der Waals surface area contributed by atoms with Crippen LogP contribution in [0, 0.1) is 11.8 Å². The fourth-order valence-electron chi connectivity index (χ4n) is 2.43. The summed E-state index contributed by atoms with van der Waals surface area (Å²) in [5.41, 5.74) is 6.73. The van der Waals surface area contributed by atoms with Gasteiger partial charge in [0.25, 0.3) is 0 Å². The minimum Gasteiger partial charge on any atom is -0.460 e. The number of hydrogen-bond acceptors (Lipinski definition) is 5. The zero-order chi connectivity index (χ0) is 14.3. The second kappa shape index (κ2) is 4.43. The molecule has 0 unspecified atom stereocenters. The summed E-state index contributed by atoms with van der Waals surface area (Å²) >= 11 is 0. The molecule has 0 spiro atoms. The molecule has 7 heteroatoms. The van der Waals surface area contributed by atoms with Crippen molar-refractivity contribution in [3.05, 3.63) is 5.53 Å². The fourth-order valence-corrected chi connectivity index (χ4v) is 2.43. The Hall–Kier alpha value is -1.72. The van der Waals surface area contributed by atoms with Gasteiger partial charge in [-0.15, -0.1) is 0 Å². The van der Waals surface area contributed by atoms with E-state index in [4.69, 9.17) is 19.7 Å². The van der Waals surface area contributed by atoms with Crippen LogP contribution in [0.3, 0.4) is 0 Å². The first-order valence-electron chi connectivity index (χ1n) is 6.01. The van der Waals surface area contributed by atoms with Crippen LogP contribution in [0.2, 0.25) is 0 Å². The first-order valence-corrected chi connectivity index (χ1v) is 6.01. The molecule has 2 fully saturated rings. The van der Waals surface area contributed by atoms with Crippen molar-refractivity contribution in [3.8, 4) is 0 Å². The molecule has 0 radical (unpaired) electrons. The summed E-state index contributed by atoms with van der Waals surface area (Å²) in [6.45, 7) is 5.84. The van der Waals surface area contributed by atoms with Gasteiger partial charge in [-0.2, -0.15) is 4.79 Å². The normalized spacial score (nSPS) is 31.9. The SMILES string of the molecule is CC(C)(C)OC(=O)[C@@H]1[C@H]2COC[C@@]21OC(=O)C=[N+]=[N-]. The van der Waals surface area contributed by atoms with Gasteiger partial charge in [-0.3, -0.25) is 4.79 Å². The topological polar surface area (TPSA) is 98.2 Å². The Morgan fingerprint density at radius 3 is 2.74 bits per heavy atom. The molecule has 1 aliphatic heterocycles. The quantitative estimate of drug-likeness (QED) is 0.315. The number of fused-ring (bicyclic) bond motifs is 1. The van der Waals surface area contributed by atoms with Crippen molar-refractivity contribution < 1.29 is 28.6 Å². The lowest BCUT2D eigenvalue weighted by molar-refractivity contribution is -0.163. The van der Waals surface area contributed by atoms with Crippen LogP contribution < -0.4 is 0 Å². The van der Waals surface area contributed by atoms with Crippen molar-refractivity contribution in [3.63, 3.8) is 0 Å². The van der Waals surface area contributed by atoms with Crippen LogP contribution in [0.5, 0.6) is 0 Å². The number of nitrogens with zero attached hydrogens (tertiary/aromatic N) is 2. The van der Waals surface area contributed by atoms with Crippen LogP contribution in [0.1, 0.15) is 20.8 Å². The predicted molar refractivity (Wildman–Crippen MR) is 62.2 cm³/mol. The highest BCUT2D eigenvalue weighted by Crippen LogP contribution is 2.58. The highest BCUT2D eigenvalue weighted by Gasteiger charge is 2.76. The van der Waals surface area contributed by atoms with E-state index in [-0.39, 0.29) is 12.5 Å². The van der Waals surface area contributed by atoms with E-state index in [1.54, 1.807) is 20.8 Å². The van der Waals surface area contributed by atoms with Gasteiger partial charge < -0.3 is 19.7 Å². The van der Waals surface area contributed by atoms with Crippen LogP contribution in [0.4, 0.5) is 0 Å². The molecule has 0 aromatic rings. The van der Waals surface area contributed by atoms with E-state index in [1.807, 2.05) is 0 Å². The second-order valence-corrected chi connectivity index (χ2v) is 5.75. The van der Waals surface area contributed by atoms with Gasteiger partial charge in [0.2, 0.25) is 0 Å². The molecule has 2 aliphatic rings. The van der Waals surface area contributed by atoms with E-state index in [9.17, 15) is 9.59 Å². The van der Waals surface area contributed by atoms with Gasteiger partial charge in [-0.05, 0) is 20.8 Å². The van der Waals surface area contributed by atoms with Crippen LogP contribution >= 0.6 is 0 Å². The zero-order valence-electron chi connectivity index (χ0n) is 11.1. The van der Waals surface area contributed by atoms with Crippen molar-refractivity contribution in [1.29, 1.82) is 0 Å². The number of ether oxygens (including phenoxy) is 3. The molecule has 3 atom stereocenters. The van der Waals surface area contributed by atoms with Gasteiger partial charge >= 0.3 is 18.2 Å². The molecule has 1 saturated carbocycles. The van der Waals surface area contributed by atoms with E-state index in [0.717, 1.165) is 0 Å². The van der Waals surface area contributed by atoms with Crippen LogP contribution in [0.25, 0.3) is 5.53 Å². The first-order chi connectivity index (χ1) is 8.80. The maximum Gasteiger partial charge on any atom is 0.414 e. The Labute approximate surface area is 110 Å². The van der Waals surface area contributed by atoms with Gasteiger partial charge in [0.15, 0.2) is 5.60 Å². The second-order valence-electron chi connectivity index (χ2n) is 5.75. The van der Waals surface area contributed by atoms with Gasteiger partial charge in [0.05, 0.1) is 13.2 Å². The summed E-state index contributed by atoms with van der Waals surface area (Å²) in [5, 5.41) is 0. The van der Waals surface area contributed by atoms with Crippen molar-refractivity contribution in [2.75, 3.05) is 13.2 Å². The molecule has 1 aliphatic carbocycles. The average Bonchev–Trinajstić information content (AvgIpc) is 2.66. The minimum absolute atomic E-state index is 0.159. The van der Waals surface area contributed by atoms with Gasteiger partial charge in [-0.25, -0.2) is 4.79 Å². The smallest absolute Gasteiger partial charge is 0.414 e. The Morgan fingerprint density at radius 2 is 2.16 bits per heavy atom. The third kappa shape index (κ3) is 2.52. The van der Waals surface area contributed by atoms with Crippen molar-refractivity contribution in [2.45, 2.75) is 32.0 Å².